The molecule has 1 aliphatic rings. The van der Waals surface area contributed by atoms with E-state index in [0.717, 1.165) is 12.8 Å². The number of carbonyl (C=O) groups excluding carboxylic acids is 1. The SMILES string of the molecule is CC(=NO)c1csc(NC(=O)NC2CCC2)n1. The minimum Gasteiger partial charge on any atom is -0.411 e. The number of hydrogen-bond donors (Lipinski definition) is 3. The highest BCUT2D eigenvalue weighted by atomic mass is 32.1. The molecule has 0 unspecified atom stereocenters. The number of rotatable bonds is 3. The number of nitrogens with zero attached hydrogens (tertiary/aromatic N) is 2. The molecule has 0 aliphatic heterocycles. The fraction of sp³-hybridized carbons (Fsp3) is 0.500. The Morgan fingerprint density at radius 1 is 1.65 bits per heavy atom. The smallest absolute Gasteiger partial charge is 0.321 e. The molecule has 0 aromatic carbocycles. The molecule has 1 heterocycles. The molecule has 92 valence electrons. The highest BCUT2D eigenvalue weighted by molar-refractivity contribution is 7.14. The van der Waals surface area contributed by atoms with Crippen LogP contribution in [0, 0.1) is 0 Å². The van der Waals surface area contributed by atoms with Crippen molar-refractivity contribution >= 4 is 28.2 Å². The van der Waals surface area contributed by atoms with E-state index in [2.05, 4.69) is 20.8 Å². The van der Waals surface area contributed by atoms with E-state index in [0.29, 0.717) is 22.6 Å². The number of thiazole rings is 1. The standard InChI is InChI=1S/C10H14N4O2S/c1-6(14-16)8-5-17-10(12-8)13-9(15)11-7-3-2-4-7/h5,7,16H,2-4H2,1H3,(H2,11,12,13,15). The second-order valence-electron chi connectivity index (χ2n) is 3.95. The zero-order valence-electron chi connectivity index (χ0n) is 9.43. The number of hydrogen-bond acceptors (Lipinski definition) is 5. The lowest BCUT2D eigenvalue weighted by molar-refractivity contribution is 0.240. The summed E-state index contributed by atoms with van der Waals surface area (Å²) in [4.78, 5) is 15.7. The molecule has 7 heteroatoms. The molecule has 0 bridgehead atoms. The normalized spacial score (nSPS) is 16.4. The summed E-state index contributed by atoms with van der Waals surface area (Å²) in [5, 5.41) is 19.4. The Morgan fingerprint density at radius 3 is 3.00 bits per heavy atom. The summed E-state index contributed by atoms with van der Waals surface area (Å²) in [6.07, 6.45) is 3.28. The molecule has 0 saturated heterocycles. The number of oxime groups is 1. The van der Waals surface area contributed by atoms with Crippen LogP contribution in [0.4, 0.5) is 9.93 Å². The Labute approximate surface area is 103 Å². The molecule has 0 radical (unpaired) electrons. The quantitative estimate of drug-likeness (QED) is 0.438. The van der Waals surface area contributed by atoms with Crippen molar-refractivity contribution in [3.63, 3.8) is 0 Å². The predicted molar refractivity (Wildman–Crippen MR) is 65.9 cm³/mol. The van der Waals surface area contributed by atoms with Crippen LogP contribution in [-0.2, 0) is 0 Å². The van der Waals surface area contributed by atoms with E-state index < -0.39 is 0 Å². The summed E-state index contributed by atoms with van der Waals surface area (Å²) in [7, 11) is 0. The maximum absolute atomic E-state index is 11.5. The molecule has 17 heavy (non-hydrogen) atoms. The maximum atomic E-state index is 11.5. The Balaban J connectivity index is 1.89. The summed E-state index contributed by atoms with van der Waals surface area (Å²) in [6.45, 7) is 1.65. The van der Waals surface area contributed by atoms with Gasteiger partial charge in [-0.3, -0.25) is 5.32 Å². The summed E-state index contributed by atoms with van der Waals surface area (Å²) < 4.78 is 0. The van der Waals surface area contributed by atoms with Crippen LogP contribution < -0.4 is 10.6 Å². The molecule has 0 spiro atoms. The number of carbonyl (C=O) groups is 1. The summed E-state index contributed by atoms with van der Waals surface area (Å²) >= 11 is 1.30. The zero-order valence-corrected chi connectivity index (χ0v) is 10.3. The highest BCUT2D eigenvalue weighted by Gasteiger charge is 2.19. The van der Waals surface area contributed by atoms with Gasteiger partial charge in [-0.05, 0) is 26.2 Å². The number of nitrogens with one attached hydrogen (secondary N) is 2. The fourth-order valence-electron chi connectivity index (χ4n) is 1.42. The lowest BCUT2D eigenvalue weighted by Gasteiger charge is -2.26. The number of aromatic nitrogens is 1. The summed E-state index contributed by atoms with van der Waals surface area (Å²) in [6, 6.07) is 0.0735. The number of anilines is 1. The van der Waals surface area contributed by atoms with Crippen LogP contribution in [0.1, 0.15) is 31.9 Å². The van der Waals surface area contributed by atoms with Crippen molar-refractivity contribution in [3.8, 4) is 0 Å². The van der Waals surface area contributed by atoms with Crippen LogP contribution in [0.2, 0.25) is 0 Å². The number of urea groups is 1. The third-order valence-electron chi connectivity index (χ3n) is 2.69. The molecule has 3 N–H and O–H groups in total. The first-order chi connectivity index (χ1) is 8.19. The van der Waals surface area contributed by atoms with Gasteiger partial charge in [0, 0.05) is 11.4 Å². The first-order valence-corrected chi connectivity index (χ1v) is 6.29. The average molecular weight is 254 g/mol. The molecule has 2 rings (SSSR count). The van der Waals surface area contributed by atoms with E-state index in [4.69, 9.17) is 5.21 Å². The molecule has 1 fully saturated rings. The van der Waals surface area contributed by atoms with E-state index in [9.17, 15) is 4.79 Å². The van der Waals surface area contributed by atoms with Gasteiger partial charge in [-0.2, -0.15) is 0 Å². The van der Waals surface area contributed by atoms with Crippen LogP contribution >= 0.6 is 11.3 Å². The predicted octanol–water partition coefficient (Wildman–Crippen LogP) is 2.02. The Kier molecular flexibility index (Phi) is 3.58. The lowest BCUT2D eigenvalue weighted by atomic mass is 9.93. The van der Waals surface area contributed by atoms with Gasteiger partial charge in [0.2, 0.25) is 0 Å². The van der Waals surface area contributed by atoms with Gasteiger partial charge in [-0.1, -0.05) is 5.16 Å². The molecular weight excluding hydrogens is 240 g/mol. The van der Waals surface area contributed by atoms with E-state index in [1.54, 1.807) is 12.3 Å². The van der Waals surface area contributed by atoms with Gasteiger partial charge >= 0.3 is 6.03 Å². The second-order valence-corrected chi connectivity index (χ2v) is 4.81. The molecule has 0 atom stereocenters. The van der Waals surface area contributed by atoms with E-state index in [-0.39, 0.29) is 6.03 Å². The monoisotopic (exact) mass is 254 g/mol. The first kappa shape index (κ1) is 11.8. The minimum absolute atomic E-state index is 0.228. The highest BCUT2D eigenvalue weighted by Crippen LogP contribution is 2.19. The van der Waals surface area contributed by atoms with Crippen LogP contribution in [-0.4, -0.2) is 28.0 Å². The van der Waals surface area contributed by atoms with Gasteiger partial charge in [0.05, 0.1) is 0 Å². The fourth-order valence-corrected chi connectivity index (χ4v) is 2.17. The third-order valence-corrected chi connectivity index (χ3v) is 3.44. The van der Waals surface area contributed by atoms with Crippen molar-refractivity contribution in [2.75, 3.05) is 5.32 Å². The first-order valence-electron chi connectivity index (χ1n) is 5.41. The van der Waals surface area contributed by atoms with Crippen molar-refractivity contribution in [2.24, 2.45) is 5.16 Å². The van der Waals surface area contributed by atoms with Crippen LogP contribution in [0.15, 0.2) is 10.5 Å². The van der Waals surface area contributed by atoms with Crippen molar-refractivity contribution < 1.29 is 10.0 Å². The third kappa shape index (κ3) is 2.94. The van der Waals surface area contributed by atoms with Gasteiger partial charge in [-0.25, -0.2) is 9.78 Å². The average Bonchev–Trinajstić information content (AvgIpc) is 2.71. The van der Waals surface area contributed by atoms with Crippen LogP contribution in [0.25, 0.3) is 0 Å². The molecule has 1 saturated carbocycles. The molecule has 1 aliphatic carbocycles. The van der Waals surface area contributed by atoms with Crippen molar-refractivity contribution in [1.29, 1.82) is 0 Å². The Hall–Kier alpha value is -1.63. The largest absolute Gasteiger partial charge is 0.411 e. The second kappa shape index (κ2) is 5.13. The lowest BCUT2D eigenvalue weighted by Crippen LogP contribution is -2.41. The van der Waals surface area contributed by atoms with E-state index in [1.165, 1.54) is 17.8 Å². The Bertz CT molecular complexity index is 439. The van der Waals surface area contributed by atoms with Gasteiger partial charge in [0.1, 0.15) is 11.4 Å². The summed E-state index contributed by atoms with van der Waals surface area (Å²) in [5.41, 5.74) is 0.991. The number of amides is 2. The van der Waals surface area contributed by atoms with Gasteiger partial charge in [0.15, 0.2) is 5.13 Å². The van der Waals surface area contributed by atoms with Crippen molar-refractivity contribution in [1.82, 2.24) is 10.3 Å². The summed E-state index contributed by atoms with van der Waals surface area (Å²) in [5.74, 6) is 0. The minimum atomic E-state index is -0.228. The van der Waals surface area contributed by atoms with E-state index in [1.807, 2.05) is 0 Å². The van der Waals surface area contributed by atoms with E-state index >= 15 is 0 Å². The van der Waals surface area contributed by atoms with Crippen LogP contribution in [0.5, 0.6) is 0 Å². The van der Waals surface area contributed by atoms with Gasteiger partial charge in [-0.15, -0.1) is 11.3 Å². The Morgan fingerprint density at radius 2 is 2.41 bits per heavy atom. The zero-order chi connectivity index (χ0) is 12.3. The molecular formula is C10H14N4O2S. The van der Waals surface area contributed by atoms with Gasteiger partial charge in [0.25, 0.3) is 0 Å². The molecule has 1 aromatic rings. The molecule has 6 nitrogen and oxygen atoms in total. The van der Waals surface area contributed by atoms with Crippen molar-refractivity contribution in [2.45, 2.75) is 32.2 Å². The van der Waals surface area contributed by atoms with Gasteiger partial charge < -0.3 is 10.5 Å². The van der Waals surface area contributed by atoms with Crippen molar-refractivity contribution in [3.05, 3.63) is 11.1 Å². The molecule has 2 amide bonds. The topological polar surface area (TPSA) is 86.6 Å². The van der Waals surface area contributed by atoms with Crippen LogP contribution in [0.3, 0.4) is 0 Å². The maximum Gasteiger partial charge on any atom is 0.321 e. The molecule has 1 aromatic heterocycles.